The van der Waals surface area contributed by atoms with E-state index in [-0.39, 0.29) is 17.7 Å². The summed E-state index contributed by atoms with van der Waals surface area (Å²) in [5.41, 5.74) is 3.86. The molecule has 0 amide bonds. The quantitative estimate of drug-likeness (QED) is 0.329. The minimum absolute atomic E-state index is 0.0257. The third kappa shape index (κ3) is 5.28. The fourth-order valence-electron chi connectivity index (χ4n) is 5.14. The summed E-state index contributed by atoms with van der Waals surface area (Å²) < 4.78 is 7.78. The Morgan fingerprint density at radius 1 is 1.25 bits per heavy atom. The van der Waals surface area contributed by atoms with E-state index in [9.17, 15) is 4.79 Å². The molecule has 0 spiro atoms. The van der Waals surface area contributed by atoms with Crippen LogP contribution in [-0.4, -0.2) is 42.8 Å². The molecule has 2 atom stereocenters. The van der Waals surface area contributed by atoms with Crippen molar-refractivity contribution in [2.24, 2.45) is 0 Å². The van der Waals surface area contributed by atoms with Gasteiger partial charge in [0.1, 0.15) is 0 Å². The lowest BCUT2D eigenvalue weighted by Gasteiger charge is -2.30. The Labute approximate surface area is 215 Å². The molecule has 0 unspecified atom stereocenters. The Bertz CT molecular complexity index is 1360. The van der Waals surface area contributed by atoms with Gasteiger partial charge in [0.15, 0.2) is 5.82 Å². The van der Waals surface area contributed by atoms with Crippen LogP contribution in [0.1, 0.15) is 66.0 Å². The van der Waals surface area contributed by atoms with Gasteiger partial charge in [-0.05, 0) is 72.2 Å². The van der Waals surface area contributed by atoms with E-state index in [1.807, 2.05) is 11.6 Å². The number of aryl methyl sites for hydroxylation is 2. The topological polar surface area (TPSA) is 88.9 Å². The number of H-pyrrole nitrogens is 1. The zero-order valence-electron chi connectivity index (χ0n) is 21.2. The van der Waals surface area contributed by atoms with E-state index in [0.29, 0.717) is 13.1 Å². The molecule has 4 heterocycles. The second-order valence-corrected chi connectivity index (χ2v) is 10.8. The first-order valence-corrected chi connectivity index (χ1v) is 13.7. The molecule has 0 saturated carbocycles. The van der Waals surface area contributed by atoms with Crippen LogP contribution in [0.4, 0.5) is 0 Å². The van der Waals surface area contributed by atoms with Crippen molar-refractivity contribution >= 4 is 22.2 Å². The lowest BCUT2D eigenvalue weighted by molar-refractivity contribution is 0.0885. The van der Waals surface area contributed by atoms with Gasteiger partial charge >= 0.3 is 0 Å². The minimum Gasteiger partial charge on any atom is -0.376 e. The third-order valence-corrected chi connectivity index (χ3v) is 7.96. The lowest BCUT2D eigenvalue weighted by Crippen LogP contribution is -2.33. The summed E-state index contributed by atoms with van der Waals surface area (Å²) in [7, 11) is 0. The maximum absolute atomic E-state index is 13.3. The first kappa shape index (κ1) is 24.8. The van der Waals surface area contributed by atoms with E-state index in [0.717, 1.165) is 72.3 Å². The van der Waals surface area contributed by atoms with Crippen LogP contribution in [0.15, 0.2) is 40.5 Å². The predicted molar refractivity (Wildman–Crippen MR) is 142 cm³/mol. The number of aromatic amines is 1. The smallest absolute Gasteiger partial charge is 0.252 e. The predicted octanol–water partition coefficient (Wildman–Crippen LogP) is 4.92. The highest BCUT2D eigenvalue weighted by atomic mass is 32.1. The van der Waals surface area contributed by atoms with Gasteiger partial charge in [0, 0.05) is 35.5 Å². The summed E-state index contributed by atoms with van der Waals surface area (Å²) in [6.07, 6.45) is 4.12. The SMILES string of the molecule is CCC[C@@H](c1nnnn1C[C@@H]1CCCO1)N(Cc1cccs1)Cc1cc2c(C)ccc(C)c2[nH]c1=O. The Hall–Kier alpha value is -2.88. The van der Waals surface area contributed by atoms with Gasteiger partial charge in [0.05, 0.1) is 24.2 Å². The number of benzene rings is 1. The van der Waals surface area contributed by atoms with Crippen molar-refractivity contribution < 1.29 is 4.74 Å². The molecule has 9 heteroatoms. The molecule has 0 bridgehead atoms. The van der Waals surface area contributed by atoms with E-state index in [4.69, 9.17) is 4.74 Å². The van der Waals surface area contributed by atoms with Gasteiger partial charge in [-0.25, -0.2) is 4.68 Å². The largest absolute Gasteiger partial charge is 0.376 e. The zero-order valence-corrected chi connectivity index (χ0v) is 22.1. The Balaban J connectivity index is 1.52. The normalized spacial score (nSPS) is 16.8. The molecule has 5 rings (SSSR count). The number of tetrazole rings is 1. The van der Waals surface area contributed by atoms with Crippen LogP contribution in [0.3, 0.4) is 0 Å². The van der Waals surface area contributed by atoms with E-state index in [1.165, 1.54) is 4.88 Å². The van der Waals surface area contributed by atoms with Crippen LogP contribution in [0.5, 0.6) is 0 Å². The van der Waals surface area contributed by atoms with Crippen molar-refractivity contribution in [2.75, 3.05) is 6.61 Å². The number of rotatable bonds is 10. The number of aromatic nitrogens is 5. The summed E-state index contributed by atoms with van der Waals surface area (Å²) in [4.78, 5) is 20.0. The number of hydrogen-bond donors (Lipinski definition) is 1. The van der Waals surface area contributed by atoms with E-state index in [2.05, 4.69) is 75.0 Å². The summed E-state index contributed by atoms with van der Waals surface area (Å²) >= 11 is 1.73. The molecular formula is C27H34N6O2S. The summed E-state index contributed by atoms with van der Waals surface area (Å²) in [6.45, 7) is 8.99. The fourth-order valence-corrected chi connectivity index (χ4v) is 5.87. The molecule has 36 heavy (non-hydrogen) atoms. The molecule has 1 saturated heterocycles. The fraction of sp³-hybridized carbons (Fsp3) is 0.481. The van der Waals surface area contributed by atoms with Gasteiger partial charge in [0.2, 0.25) is 0 Å². The molecule has 1 fully saturated rings. The van der Waals surface area contributed by atoms with Crippen LogP contribution in [0.2, 0.25) is 0 Å². The standard InChI is InChI=1S/C27H34N6O2S/c1-4-7-24(26-29-30-31-33(26)16-21-8-5-12-35-21)32(17-22-9-6-13-36-22)15-20-14-23-18(2)10-11-19(3)25(23)28-27(20)34/h6,9-11,13-14,21,24H,4-5,7-8,12,15-17H2,1-3H3,(H,28,34)/t21-,24-/m0/s1. The Morgan fingerprint density at radius 3 is 2.86 bits per heavy atom. The van der Waals surface area contributed by atoms with Crippen molar-refractivity contribution in [3.8, 4) is 0 Å². The molecule has 4 aromatic rings. The highest BCUT2D eigenvalue weighted by molar-refractivity contribution is 7.09. The molecule has 1 aliphatic heterocycles. The molecule has 190 valence electrons. The number of nitrogens with zero attached hydrogens (tertiary/aromatic N) is 5. The average molecular weight is 507 g/mol. The monoisotopic (exact) mass is 506 g/mol. The zero-order chi connectivity index (χ0) is 25.1. The van der Waals surface area contributed by atoms with Gasteiger partial charge in [-0.2, -0.15) is 0 Å². The number of ether oxygens (including phenoxy) is 1. The number of nitrogens with one attached hydrogen (secondary N) is 1. The van der Waals surface area contributed by atoms with Crippen molar-refractivity contribution in [2.45, 2.75) is 78.2 Å². The Morgan fingerprint density at radius 2 is 2.11 bits per heavy atom. The molecule has 0 radical (unpaired) electrons. The highest BCUT2D eigenvalue weighted by Crippen LogP contribution is 2.30. The van der Waals surface area contributed by atoms with Crippen LogP contribution in [-0.2, 0) is 24.4 Å². The summed E-state index contributed by atoms with van der Waals surface area (Å²) in [5.74, 6) is 0.841. The number of pyridine rings is 1. The van der Waals surface area contributed by atoms with Gasteiger partial charge < -0.3 is 9.72 Å². The van der Waals surface area contributed by atoms with Gasteiger partial charge in [-0.3, -0.25) is 9.69 Å². The van der Waals surface area contributed by atoms with E-state index >= 15 is 0 Å². The van der Waals surface area contributed by atoms with Crippen LogP contribution >= 0.6 is 11.3 Å². The van der Waals surface area contributed by atoms with Gasteiger partial charge in [-0.15, -0.1) is 16.4 Å². The van der Waals surface area contributed by atoms with E-state index in [1.54, 1.807) is 11.3 Å². The lowest BCUT2D eigenvalue weighted by atomic mass is 10.0. The Kier molecular flexibility index (Phi) is 7.59. The molecule has 1 aliphatic rings. The summed E-state index contributed by atoms with van der Waals surface area (Å²) in [6, 6.07) is 10.4. The number of hydrogen-bond acceptors (Lipinski definition) is 7. The van der Waals surface area contributed by atoms with Crippen molar-refractivity contribution in [1.29, 1.82) is 0 Å². The van der Waals surface area contributed by atoms with Crippen LogP contribution in [0, 0.1) is 13.8 Å². The van der Waals surface area contributed by atoms with Crippen molar-refractivity contribution in [3.63, 3.8) is 0 Å². The second kappa shape index (κ2) is 11.0. The highest BCUT2D eigenvalue weighted by Gasteiger charge is 2.28. The maximum Gasteiger partial charge on any atom is 0.252 e. The molecule has 3 aromatic heterocycles. The second-order valence-electron chi connectivity index (χ2n) is 9.75. The van der Waals surface area contributed by atoms with E-state index < -0.39 is 0 Å². The minimum atomic E-state index is -0.0402. The first-order valence-electron chi connectivity index (χ1n) is 12.8. The maximum atomic E-state index is 13.3. The van der Waals surface area contributed by atoms with Crippen LogP contribution in [0.25, 0.3) is 10.9 Å². The average Bonchev–Trinajstić information content (AvgIpc) is 3.65. The van der Waals surface area contributed by atoms with Gasteiger partial charge in [-0.1, -0.05) is 31.5 Å². The summed E-state index contributed by atoms with van der Waals surface area (Å²) in [5, 5.41) is 16.1. The number of fused-ring (bicyclic) bond motifs is 1. The molecule has 8 nitrogen and oxygen atoms in total. The van der Waals surface area contributed by atoms with Crippen LogP contribution < -0.4 is 5.56 Å². The first-order chi connectivity index (χ1) is 17.5. The molecule has 0 aliphatic carbocycles. The molecule has 1 N–H and O–H groups in total. The van der Waals surface area contributed by atoms with Crippen molar-refractivity contribution in [1.82, 2.24) is 30.1 Å². The third-order valence-electron chi connectivity index (χ3n) is 7.09. The molecular weight excluding hydrogens is 472 g/mol. The molecule has 1 aromatic carbocycles. The van der Waals surface area contributed by atoms with Crippen molar-refractivity contribution in [3.05, 3.63) is 73.5 Å². The van der Waals surface area contributed by atoms with Gasteiger partial charge in [0.25, 0.3) is 5.56 Å². The number of thiophene rings is 1.